The molecule has 0 bridgehead atoms. The van der Waals surface area contributed by atoms with E-state index in [4.69, 9.17) is 23.2 Å². The van der Waals surface area contributed by atoms with Gasteiger partial charge in [0.1, 0.15) is 0 Å². The number of rotatable bonds is 2. The van der Waals surface area contributed by atoms with Crippen molar-refractivity contribution in [1.82, 2.24) is 5.32 Å². The van der Waals surface area contributed by atoms with Crippen LogP contribution in [0, 0.1) is 5.41 Å². The average Bonchev–Trinajstić information content (AvgIpc) is 2.89. The van der Waals surface area contributed by atoms with E-state index in [1.165, 1.54) is 17.7 Å². The number of hydrogen-bond acceptors (Lipinski definition) is 4. The summed E-state index contributed by atoms with van der Waals surface area (Å²) in [6.45, 7) is 0.690. The molecule has 3 atom stereocenters. The van der Waals surface area contributed by atoms with Gasteiger partial charge in [-0.2, -0.15) is 0 Å². The van der Waals surface area contributed by atoms with Crippen LogP contribution in [-0.2, 0) is 16.0 Å². The van der Waals surface area contributed by atoms with E-state index >= 15 is 0 Å². The minimum absolute atomic E-state index is 0.166. The SMILES string of the molecule is O=C1NC(=O)[C@]2(Cc3ccccc3N3CC[C@@H](c4ccccc4)C[C@@H]32)C(=O)N1c1cc(Cl)ccc1Cl. The number of halogens is 2. The largest absolute Gasteiger partial charge is 0.367 e. The summed E-state index contributed by atoms with van der Waals surface area (Å²) in [7, 11) is 0. The molecule has 0 saturated carbocycles. The van der Waals surface area contributed by atoms with Gasteiger partial charge >= 0.3 is 6.03 Å². The minimum Gasteiger partial charge on any atom is -0.367 e. The van der Waals surface area contributed by atoms with Gasteiger partial charge in [-0.3, -0.25) is 14.9 Å². The molecule has 1 N–H and O–H groups in total. The summed E-state index contributed by atoms with van der Waals surface area (Å²) >= 11 is 12.6. The molecule has 0 radical (unpaired) electrons. The number of hydrogen-bond donors (Lipinski definition) is 1. The zero-order valence-electron chi connectivity index (χ0n) is 19.3. The van der Waals surface area contributed by atoms with Gasteiger partial charge in [0, 0.05) is 17.3 Å². The van der Waals surface area contributed by atoms with Crippen molar-refractivity contribution in [2.24, 2.45) is 5.41 Å². The summed E-state index contributed by atoms with van der Waals surface area (Å²) in [5.41, 5.74) is 1.79. The van der Waals surface area contributed by atoms with E-state index in [0.717, 1.165) is 22.6 Å². The first-order chi connectivity index (χ1) is 17.4. The van der Waals surface area contributed by atoms with Crippen LogP contribution in [0.3, 0.4) is 0 Å². The van der Waals surface area contributed by atoms with E-state index < -0.39 is 29.3 Å². The van der Waals surface area contributed by atoms with Crippen molar-refractivity contribution in [3.63, 3.8) is 0 Å². The number of fused-ring (bicyclic) bond motifs is 4. The molecule has 0 aliphatic carbocycles. The minimum atomic E-state index is -1.50. The molecule has 36 heavy (non-hydrogen) atoms. The first kappa shape index (κ1) is 23.1. The molecule has 6 nitrogen and oxygen atoms in total. The Balaban J connectivity index is 1.50. The first-order valence-corrected chi connectivity index (χ1v) is 12.7. The summed E-state index contributed by atoms with van der Waals surface area (Å²) in [5, 5.41) is 3.01. The topological polar surface area (TPSA) is 69.7 Å². The second-order valence-electron chi connectivity index (χ2n) is 9.61. The van der Waals surface area contributed by atoms with E-state index in [1.807, 2.05) is 42.5 Å². The third-order valence-corrected chi connectivity index (χ3v) is 8.33. The van der Waals surface area contributed by atoms with Crippen molar-refractivity contribution < 1.29 is 14.4 Å². The Morgan fingerprint density at radius 1 is 0.889 bits per heavy atom. The van der Waals surface area contributed by atoms with Gasteiger partial charge in [-0.15, -0.1) is 0 Å². The third kappa shape index (κ3) is 3.43. The molecule has 3 aromatic rings. The molecule has 3 aromatic carbocycles. The molecule has 3 heterocycles. The third-order valence-electron chi connectivity index (χ3n) is 7.78. The summed E-state index contributed by atoms with van der Waals surface area (Å²) in [5.74, 6) is -0.959. The van der Waals surface area contributed by atoms with Crippen molar-refractivity contribution in [1.29, 1.82) is 0 Å². The van der Waals surface area contributed by atoms with Gasteiger partial charge < -0.3 is 4.90 Å². The second kappa shape index (κ2) is 8.64. The fourth-order valence-electron chi connectivity index (χ4n) is 6.09. The summed E-state index contributed by atoms with van der Waals surface area (Å²) < 4.78 is 0. The van der Waals surface area contributed by atoms with Crippen molar-refractivity contribution >= 4 is 52.4 Å². The lowest BCUT2D eigenvalue weighted by molar-refractivity contribution is -0.145. The fourth-order valence-corrected chi connectivity index (χ4v) is 6.46. The van der Waals surface area contributed by atoms with Gasteiger partial charge in [0.05, 0.1) is 16.8 Å². The highest BCUT2D eigenvalue weighted by Crippen LogP contribution is 2.50. The molecule has 182 valence electrons. The van der Waals surface area contributed by atoms with E-state index in [0.29, 0.717) is 18.0 Å². The summed E-state index contributed by atoms with van der Waals surface area (Å²) in [6.07, 6.45) is 1.69. The predicted molar refractivity (Wildman–Crippen MR) is 140 cm³/mol. The normalized spacial score (nSPS) is 25.4. The molecular weight excluding hydrogens is 497 g/mol. The average molecular weight is 520 g/mol. The molecular formula is C28H23Cl2N3O3. The molecule has 4 amide bonds. The quantitative estimate of drug-likeness (QED) is 0.449. The van der Waals surface area contributed by atoms with Crippen LogP contribution in [0.2, 0.25) is 10.0 Å². The number of nitrogens with one attached hydrogen (secondary N) is 1. The van der Waals surface area contributed by atoms with E-state index in [9.17, 15) is 14.4 Å². The van der Waals surface area contributed by atoms with E-state index in [1.54, 1.807) is 6.07 Å². The number of para-hydroxylation sites is 1. The number of nitrogens with zero attached hydrogens (tertiary/aromatic N) is 2. The number of amides is 4. The van der Waals surface area contributed by atoms with Gasteiger partial charge in [-0.1, -0.05) is 71.7 Å². The van der Waals surface area contributed by atoms with Gasteiger partial charge in [0.2, 0.25) is 5.91 Å². The lowest BCUT2D eigenvalue weighted by atomic mass is 9.64. The van der Waals surface area contributed by atoms with E-state index in [-0.39, 0.29) is 23.0 Å². The van der Waals surface area contributed by atoms with Crippen molar-refractivity contribution in [3.8, 4) is 0 Å². The zero-order chi connectivity index (χ0) is 25.0. The molecule has 0 unspecified atom stereocenters. The molecule has 0 aromatic heterocycles. The van der Waals surface area contributed by atoms with Gasteiger partial charge in [0.25, 0.3) is 5.91 Å². The standard InChI is InChI=1S/C28H23Cl2N3O3/c29-20-10-11-21(30)23(15-20)33-26(35)28(25(34)31-27(33)36)16-19-8-4-5-9-22(19)32-13-12-18(14-24(28)32)17-6-2-1-3-7-17/h1-11,15,18,24H,12-14,16H2,(H,31,34,36)/t18-,24-,28-/m1/s1. The van der Waals surface area contributed by atoms with Crippen molar-refractivity contribution in [2.45, 2.75) is 31.2 Å². The number of barbiturate groups is 1. The number of benzene rings is 3. The Bertz CT molecular complexity index is 1400. The highest BCUT2D eigenvalue weighted by atomic mass is 35.5. The number of piperidine rings is 1. The smallest absolute Gasteiger partial charge is 0.335 e. The van der Waals surface area contributed by atoms with Crippen LogP contribution in [0.5, 0.6) is 0 Å². The Morgan fingerprint density at radius 2 is 1.64 bits per heavy atom. The van der Waals surface area contributed by atoms with Crippen LogP contribution in [-0.4, -0.2) is 30.4 Å². The fraction of sp³-hybridized carbons (Fsp3) is 0.250. The molecule has 2 saturated heterocycles. The van der Waals surface area contributed by atoms with Crippen LogP contribution in [0.1, 0.15) is 29.9 Å². The van der Waals surface area contributed by atoms with Crippen LogP contribution >= 0.6 is 23.2 Å². The number of carbonyl (C=O) groups excluding carboxylic acids is 3. The molecule has 3 aliphatic rings. The van der Waals surface area contributed by atoms with Crippen LogP contribution in [0.4, 0.5) is 16.2 Å². The first-order valence-electron chi connectivity index (χ1n) is 11.9. The second-order valence-corrected chi connectivity index (χ2v) is 10.5. The Labute approximate surface area is 218 Å². The monoisotopic (exact) mass is 519 g/mol. The summed E-state index contributed by atoms with van der Waals surface area (Å²) in [4.78, 5) is 44.4. The zero-order valence-corrected chi connectivity index (χ0v) is 20.8. The van der Waals surface area contributed by atoms with Gasteiger partial charge in [-0.25, -0.2) is 9.69 Å². The molecule has 3 aliphatic heterocycles. The molecule has 6 rings (SSSR count). The van der Waals surface area contributed by atoms with Crippen LogP contribution < -0.4 is 15.1 Å². The number of anilines is 2. The summed E-state index contributed by atoms with van der Waals surface area (Å²) in [6, 6.07) is 21.4. The van der Waals surface area contributed by atoms with Crippen molar-refractivity contribution in [3.05, 3.63) is 94.0 Å². The molecule has 1 spiro atoms. The predicted octanol–water partition coefficient (Wildman–Crippen LogP) is 5.57. The maximum absolute atomic E-state index is 14.4. The van der Waals surface area contributed by atoms with Gasteiger partial charge in [-0.05, 0) is 60.6 Å². The maximum Gasteiger partial charge on any atom is 0.335 e. The number of urea groups is 1. The van der Waals surface area contributed by atoms with Gasteiger partial charge in [0.15, 0.2) is 5.41 Å². The molecule has 2 fully saturated rings. The number of carbonyl (C=O) groups is 3. The van der Waals surface area contributed by atoms with Crippen LogP contribution in [0.15, 0.2) is 72.8 Å². The Hall–Kier alpha value is -3.35. The lowest BCUT2D eigenvalue weighted by Crippen LogP contribution is -2.73. The Kier molecular flexibility index (Phi) is 5.54. The van der Waals surface area contributed by atoms with Crippen molar-refractivity contribution in [2.75, 3.05) is 16.3 Å². The van der Waals surface area contributed by atoms with Crippen LogP contribution in [0.25, 0.3) is 0 Å². The highest BCUT2D eigenvalue weighted by molar-refractivity contribution is 6.39. The van der Waals surface area contributed by atoms with E-state index in [2.05, 4.69) is 22.3 Å². The molecule has 8 heteroatoms. The lowest BCUT2D eigenvalue weighted by Gasteiger charge is -2.55. The maximum atomic E-state index is 14.4. The highest BCUT2D eigenvalue weighted by Gasteiger charge is 2.63. The Morgan fingerprint density at radius 3 is 2.44 bits per heavy atom. The number of imide groups is 2.